The molecule has 122 valence electrons. The monoisotopic (exact) mass is 323 g/mol. The number of hydrogen-bond donors (Lipinski definition) is 0. The molecule has 1 aromatic carbocycles. The van der Waals surface area contributed by atoms with Crippen LogP contribution in [-0.4, -0.2) is 32.4 Å². The van der Waals surface area contributed by atoms with E-state index in [0.29, 0.717) is 23.1 Å². The summed E-state index contributed by atoms with van der Waals surface area (Å²) in [5.41, 5.74) is 0.941. The van der Waals surface area contributed by atoms with Crippen LogP contribution in [0.4, 0.5) is 0 Å². The van der Waals surface area contributed by atoms with E-state index in [4.69, 9.17) is 4.74 Å². The Kier molecular flexibility index (Phi) is 4.46. The first-order valence-corrected chi connectivity index (χ1v) is 9.64. The lowest BCUT2D eigenvalue weighted by atomic mass is 9.79. The molecule has 0 aromatic heterocycles. The third-order valence-electron chi connectivity index (χ3n) is 5.10. The predicted octanol–water partition coefficient (Wildman–Crippen LogP) is 3.35. The van der Waals surface area contributed by atoms with Crippen LogP contribution in [0.3, 0.4) is 0 Å². The van der Waals surface area contributed by atoms with Gasteiger partial charge in [0.25, 0.3) is 0 Å². The third kappa shape index (κ3) is 2.76. The Bertz CT molecular complexity index is 639. The quantitative estimate of drug-likeness (QED) is 0.857. The molecule has 1 aliphatic heterocycles. The van der Waals surface area contributed by atoms with E-state index >= 15 is 0 Å². The molecule has 0 bridgehead atoms. The lowest BCUT2D eigenvalue weighted by molar-refractivity contribution is 0.129. The minimum Gasteiger partial charge on any atom is -0.495 e. The summed E-state index contributed by atoms with van der Waals surface area (Å²) in [6.07, 6.45) is 6.68. The second-order valence-corrected chi connectivity index (χ2v) is 8.38. The van der Waals surface area contributed by atoms with Gasteiger partial charge in [0.2, 0.25) is 10.0 Å². The van der Waals surface area contributed by atoms with Gasteiger partial charge in [-0.25, -0.2) is 8.42 Å². The van der Waals surface area contributed by atoms with E-state index in [1.165, 1.54) is 26.4 Å². The van der Waals surface area contributed by atoms with Crippen LogP contribution in [0.15, 0.2) is 23.1 Å². The molecule has 5 heteroatoms. The lowest BCUT2D eigenvalue weighted by Crippen LogP contribution is -2.49. The van der Waals surface area contributed by atoms with Crippen molar-refractivity contribution in [3.05, 3.63) is 23.8 Å². The van der Waals surface area contributed by atoms with Gasteiger partial charge in [-0.3, -0.25) is 0 Å². The standard InChI is InChI=1S/C17H25NO3S/c1-13-9-10-16(21-2)17(12-13)22(19,20)18-11-5-7-14-6-3-4-8-15(14)18/h9-10,12,14-15H,3-8,11H2,1-2H3/t14-,15+/m0/s1. The van der Waals surface area contributed by atoms with Crippen LogP contribution in [0.1, 0.15) is 44.1 Å². The molecule has 0 radical (unpaired) electrons. The molecule has 0 unspecified atom stereocenters. The summed E-state index contributed by atoms with van der Waals surface area (Å²) in [6, 6.07) is 5.56. The van der Waals surface area contributed by atoms with Gasteiger partial charge in [0, 0.05) is 12.6 Å². The highest BCUT2D eigenvalue weighted by Crippen LogP contribution is 2.39. The van der Waals surface area contributed by atoms with E-state index in [1.807, 2.05) is 13.0 Å². The number of nitrogens with zero attached hydrogens (tertiary/aromatic N) is 1. The maximum absolute atomic E-state index is 13.2. The van der Waals surface area contributed by atoms with Gasteiger partial charge in [0.05, 0.1) is 7.11 Å². The second-order valence-electron chi connectivity index (χ2n) is 6.52. The minimum absolute atomic E-state index is 0.178. The topological polar surface area (TPSA) is 46.6 Å². The zero-order chi connectivity index (χ0) is 15.7. The number of aryl methyl sites for hydroxylation is 1. The van der Waals surface area contributed by atoms with Gasteiger partial charge in [0.1, 0.15) is 10.6 Å². The van der Waals surface area contributed by atoms with Gasteiger partial charge >= 0.3 is 0 Å². The normalized spacial score (nSPS) is 26.5. The van der Waals surface area contributed by atoms with Gasteiger partial charge in [-0.05, 0) is 56.2 Å². The number of hydrogen-bond acceptors (Lipinski definition) is 3. The van der Waals surface area contributed by atoms with Crippen LogP contribution in [-0.2, 0) is 10.0 Å². The Balaban J connectivity index is 2.00. The fourth-order valence-corrected chi connectivity index (χ4v) is 5.99. The highest BCUT2D eigenvalue weighted by atomic mass is 32.2. The van der Waals surface area contributed by atoms with E-state index in [0.717, 1.165) is 24.8 Å². The van der Waals surface area contributed by atoms with Crippen LogP contribution >= 0.6 is 0 Å². The molecule has 2 atom stereocenters. The molecule has 2 fully saturated rings. The van der Waals surface area contributed by atoms with Gasteiger partial charge < -0.3 is 4.74 Å². The molecule has 0 spiro atoms. The van der Waals surface area contributed by atoms with Crippen molar-refractivity contribution in [2.24, 2.45) is 5.92 Å². The Hall–Kier alpha value is -1.07. The average Bonchev–Trinajstić information content (AvgIpc) is 2.54. The molecular weight excluding hydrogens is 298 g/mol. The van der Waals surface area contributed by atoms with Crippen molar-refractivity contribution < 1.29 is 13.2 Å². The van der Waals surface area contributed by atoms with Gasteiger partial charge in [-0.15, -0.1) is 0 Å². The molecule has 1 aliphatic carbocycles. The van der Waals surface area contributed by atoms with Crippen molar-refractivity contribution in [1.29, 1.82) is 0 Å². The fourth-order valence-electron chi connectivity index (χ4n) is 3.99. The summed E-state index contributed by atoms with van der Waals surface area (Å²) in [6.45, 7) is 2.55. The van der Waals surface area contributed by atoms with Crippen LogP contribution in [0, 0.1) is 12.8 Å². The maximum Gasteiger partial charge on any atom is 0.247 e. The number of piperidine rings is 1. The number of methoxy groups -OCH3 is 1. The van der Waals surface area contributed by atoms with E-state index in [-0.39, 0.29) is 6.04 Å². The smallest absolute Gasteiger partial charge is 0.247 e. The Morgan fingerprint density at radius 1 is 1.14 bits per heavy atom. The van der Waals surface area contributed by atoms with Crippen LogP contribution in [0.25, 0.3) is 0 Å². The second kappa shape index (κ2) is 6.20. The summed E-state index contributed by atoms with van der Waals surface area (Å²) in [5, 5.41) is 0. The van der Waals surface area contributed by atoms with E-state index < -0.39 is 10.0 Å². The van der Waals surface area contributed by atoms with Gasteiger partial charge in [-0.2, -0.15) is 4.31 Å². The van der Waals surface area contributed by atoms with Crippen molar-refractivity contribution in [3.8, 4) is 5.75 Å². The number of sulfonamides is 1. The van der Waals surface area contributed by atoms with Crippen LogP contribution in [0.5, 0.6) is 5.75 Å². The zero-order valence-electron chi connectivity index (χ0n) is 13.4. The number of ether oxygens (including phenoxy) is 1. The highest BCUT2D eigenvalue weighted by Gasteiger charge is 2.40. The molecule has 4 nitrogen and oxygen atoms in total. The SMILES string of the molecule is COc1ccc(C)cc1S(=O)(=O)N1CCC[C@@H]2CCCC[C@H]21. The van der Waals surface area contributed by atoms with E-state index in [2.05, 4.69) is 0 Å². The number of rotatable bonds is 3. The Labute approximate surface area is 133 Å². The molecular formula is C17H25NO3S. The summed E-state index contributed by atoms with van der Waals surface area (Å²) < 4.78 is 33.5. The van der Waals surface area contributed by atoms with E-state index in [9.17, 15) is 8.42 Å². The third-order valence-corrected chi connectivity index (χ3v) is 7.04. The highest BCUT2D eigenvalue weighted by molar-refractivity contribution is 7.89. The van der Waals surface area contributed by atoms with Gasteiger partial charge in [-0.1, -0.05) is 18.9 Å². The first-order chi connectivity index (χ1) is 10.5. The van der Waals surface area contributed by atoms with Crippen LogP contribution < -0.4 is 4.74 Å². The molecule has 0 N–H and O–H groups in total. The van der Waals surface area contributed by atoms with Crippen LogP contribution in [0.2, 0.25) is 0 Å². The largest absolute Gasteiger partial charge is 0.495 e. The van der Waals surface area contributed by atoms with E-state index in [1.54, 1.807) is 16.4 Å². The fraction of sp³-hybridized carbons (Fsp3) is 0.647. The average molecular weight is 323 g/mol. The summed E-state index contributed by atoms with van der Waals surface area (Å²) >= 11 is 0. The molecule has 1 heterocycles. The molecule has 0 amide bonds. The Morgan fingerprint density at radius 2 is 1.86 bits per heavy atom. The number of fused-ring (bicyclic) bond motifs is 1. The molecule has 3 rings (SSSR count). The molecule has 1 saturated heterocycles. The first kappa shape index (κ1) is 15.8. The molecule has 2 aliphatic rings. The minimum atomic E-state index is -3.49. The van der Waals surface area contributed by atoms with Gasteiger partial charge in [0.15, 0.2) is 0 Å². The first-order valence-electron chi connectivity index (χ1n) is 8.20. The van der Waals surface area contributed by atoms with Crippen molar-refractivity contribution in [3.63, 3.8) is 0 Å². The lowest BCUT2D eigenvalue weighted by Gasteiger charge is -2.43. The van der Waals surface area contributed by atoms with Crippen molar-refractivity contribution >= 4 is 10.0 Å². The molecule has 1 saturated carbocycles. The Morgan fingerprint density at radius 3 is 2.64 bits per heavy atom. The summed E-state index contributed by atoms with van der Waals surface area (Å²) in [7, 11) is -1.96. The molecule has 22 heavy (non-hydrogen) atoms. The van der Waals surface area contributed by atoms with Crippen molar-refractivity contribution in [2.45, 2.75) is 56.4 Å². The maximum atomic E-state index is 13.2. The summed E-state index contributed by atoms with van der Waals surface area (Å²) in [5.74, 6) is 0.983. The zero-order valence-corrected chi connectivity index (χ0v) is 14.2. The summed E-state index contributed by atoms with van der Waals surface area (Å²) in [4.78, 5) is 0.321. The molecule has 1 aromatic rings. The van der Waals surface area contributed by atoms with Crippen molar-refractivity contribution in [2.75, 3.05) is 13.7 Å². The van der Waals surface area contributed by atoms with Crippen molar-refractivity contribution in [1.82, 2.24) is 4.31 Å². The predicted molar refractivity (Wildman–Crippen MR) is 86.6 cm³/mol. The number of benzene rings is 1.